The Labute approximate surface area is 240 Å². The van der Waals surface area contributed by atoms with E-state index in [1.54, 1.807) is 54.6 Å². The number of hydrogen-bond donors (Lipinski definition) is 2. The summed E-state index contributed by atoms with van der Waals surface area (Å²) in [4.78, 5) is 35.0. The normalized spacial score (nSPS) is 11.1. The molecule has 2 amide bonds. The Bertz CT molecular complexity index is 1640. The summed E-state index contributed by atoms with van der Waals surface area (Å²) in [5.41, 5.74) is 2.72. The lowest BCUT2D eigenvalue weighted by Crippen LogP contribution is -2.39. The molecule has 13 nitrogen and oxygen atoms in total. The SMILES string of the molecule is O=C(COc1ccc(/C=N\NC(=O)CN(c2ccc([N+](=O)[O-])cc2)S(=O)(=O)c2ccccc2)cc1)NCc1ccco1. The van der Waals surface area contributed by atoms with Gasteiger partial charge in [-0.2, -0.15) is 5.10 Å². The van der Waals surface area contributed by atoms with Crippen LogP contribution in [0.1, 0.15) is 11.3 Å². The second kappa shape index (κ2) is 13.7. The molecule has 0 radical (unpaired) electrons. The molecular formula is C28H25N5O8S. The first-order valence-corrected chi connectivity index (χ1v) is 13.8. The Morgan fingerprint density at radius 3 is 2.31 bits per heavy atom. The van der Waals surface area contributed by atoms with E-state index in [0.717, 1.165) is 16.4 Å². The monoisotopic (exact) mass is 591 g/mol. The maximum absolute atomic E-state index is 13.3. The van der Waals surface area contributed by atoms with Gasteiger partial charge in [-0.15, -0.1) is 0 Å². The molecule has 4 aromatic rings. The second-order valence-corrected chi connectivity index (χ2v) is 10.5. The summed E-state index contributed by atoms with van der Waals surface area (Å²) in [6, 6.07) is 22.3. The van der Waals surface area contributed by atoms with Gasteiger partial charge in [0.1, 0.15) is 18.1 Å². The van der Waals surface area contributed by atoms with Gasteiger partial charge in [-0.05, 0) is 66.2 Å². The number of nitrogens with one attached hydrogen (secondary N) is 2. The van der Waals surface area contributed by atoms with Crippen LogP contribution in [-0.4, -0.2) is 44.5 Å². The van der Waals surface area contributed by atoms with Gasteiger partial charge in [0.15, 0.2) is 6.61 Å². The number of carbonyl (C=O) groups is 2. The molecule has 42 heavy (non-hydrogen) atoms. The third-order valence-corrected chi connectivity index (χ3v) is 7.45. The number of hydrogen-bond acceptors (Lipinski definition) is 9. The number of amides is 2. The van der Waals surface area contributed by atoms with Crippen molar-refractivity contribution < 1.29 is 32.1 Å². The predicted molar refractivity (Wildman–Crippen MR) is 152 cm³/mol. The number of sulfonamides is 1. The number of hydrazone groups is 1. The van der Waals surface area contributed by atoms with Gasteiger partial charge in [0.2, 0.25) is 0 Å². The maximum Gasteiger partial charge on any atom is 0.269 e. The number of ether oxygens (including phenoxy) is 1. The Kier molecular flexibility index (Phi) is 9.63. The number of nitro groups is 1. The highest BCUT2D eigenvalue weighted by atomic mass is 32.2. The Balaban J connectivity index is 1.35. The molecule has 0 aliphatic rings. The van der Waals surface area contributed by atoms with Crippen LogP contribution in [0.25, 0.3) is 0 Å². The number of furan rings is 1. The number of nitrogens with zero attached hydrogens (tertiary/aromatic N) is 3. The van der Waals surface area contributed by atoms with Gasteiger partial charge < -0.3 is 14.5 Å². The van der Waals surface area contributed by atoms with Crippen molar-refractivity contribution >= 4 is 39.4 Å². The third-order valence-electron chi connectivity index (χ3n) is 5.66. The highest BCUT2D eigenvalue weighted by Crippen LogP contribution is 2.25. The van der Waals surface area contributed by atoms with Crippen LogP contribution in [0.3, 0.4) is 0 Å². The number of nitro benzene ring substituents is 1. The minimum atomic E-state index is -4.19. The molecule has 0 atom stereocenters. The van der Waals surface area contributed by atoms with Gasteiger partial charge in [-0.3, -0.25) is 24.0 Å². The summed E-state index contributed by atoms with van der Waals surface area (Å²) < 4.78 is 38.1. The van der Waals surface area contributed by atoms with Gasteiger partial charge in [0.25, 0.3) is 27.5 Å². The van der Waals surface area contributed by atoms with E-state index in [1.807, 2.05) is 0 Å². The summed E-state index contributed by atoms with van der Waals surface area (Å²) in [6.45, 7) is -0.581. The predicted octanol–water partition coefficient (Wildman–Crippen LogP) is 3.23. The van der Waals surface area contributed by atoms with E-state index < -0.39 is 27.4 Å². The van der Waals surface area contributed by atoms with Crippen LogP contribution in [-0.2, 0) is 26.2 Å². The second-order valence-electron chi connectivity index (χ2n) is 8.61. The van der Waals surface area contributed by atoms with Crippen LogP contribution in [0.5, 0.6) is 5.75 Å². The summed E-state index contributed by atoms with van der Waals surface area (Å²) in [5, 5.41) is 17.6. The third kappa shape index (κ3) is 8.02. The molecule has 0 bridgehead atoms. The van der Waals surface area contributed by atoms with Crippen molar-refractivity contribution in [1.82, 2.24) is 10.7 Å². The average Bonchev–Trinajstić information content (AvgIpc) is 3.53. The van der Waals surface area contributed by atoms with Crippen molar-refractivity contribution in [2.45, 2.75) is 11.4 Å². The van der Waals surface area contributed by atoms with Crippen LogP contribution in [0.4, 0.5) is 11.4 Å². The molecule has 0 unspecified atom stereocenters. The molecule has 0 spiro atoms. The van der Waals surface area contributed by atoms with Crippen LogP contribution in [0.2, 0.25) is 0 Å². The molecule has 0 aliphatic heterocycles. The first-order valence-electron chi connectivity index (χ1n) is 12.4. The molecule has 0 saturated heterocycles. The fraction of sp³-hybridized carbons (Fsp3) is 0.107. The van der Waals surface area contributed by atoms with Crippen molar-refractivity contribution in [3.8, 4) is 5.75 Å². The quantitative estimate of drug-likeness (QED) is 0.135. The highest BCUT2D eigenvalue weighted by molar-refractivity contribution is 7.92. The van der Waals surface area contributed by atoms with E-state index in [4.69, 9.17) is 9.15 Å². The summed E-state index contributed by atoms with van der Waals surface area (Å²) >= 11 is 0. The van der Waals surface area contributed by atoms with Gasteiger partial charge in [-0.25, -0.2) is 13.8 Å². The molecule has 1 heterocycles. The summed E-state index contributed by atoms with van der Waals surface area (Å²) in [5.74, 6) is -0.00780. The van der Waals surface area contributed by atoms with Crippen molar-refractivity contribution in [1.29, 1.82) is 0 Å². The lowest BCUT2D eigenvalue weighted by Gasteiger charge is -2.23. The topological polar surface area (TPSA) is 173 Å². The molecule has 3 aromatic carbocycles. The minimum Gasteiger partial charge on any atom is -0.484 e. The Hall–Kier alpha value is -5.50. The molecule has 0 fully saturated rings. The van der Waals surface area contributed by atoms with Crippen LogP contribution < -0.4 is 19.8 Å². The standard InChI is InChI=1S/C28H25N5O8S/c34-27(19-32(22-10-12-23(13-11-22)33(36)37)42(38,39)26-6-2-1-3-7-26)31-30-17-21-8-14-24(15-9-21)41-20-28(35)29-18-25-5-4-16-40-25/h1-17H,18-20H2,(H,29,35)(H,31,34)/b30-17-. The summed E-state index contributed by atoms with van der Waals surface area (Å²) in [7, 11) is -4.19. The first kappa shape index (κ1) is 29.5. The van der Waals surface area contributed by atoms with E-state index in [2.05, 4.69) is 15.8 Å². The molecule has 1 aromatic heterocycles. The zero-order chi connectivity index (χ0) is 30.0. The van der Waals surface area contributed by atoms with Gasteiger partial charge >= 0.3 is 0 Å². The number of non-ortho nitro benzene ring substituents is 1. The fourth-order valence-corrected chi connectivity index (χ4v) is 5.01. The van der Waals surface area contributed by atoms with E-state index >= 15 is 0 Å². The van der Waals surface area contributed by atoms with E-state index in [0.29, 0.717) is 17.1 Å². The zero-order valence-corrected chi connectivity index (χ0v) is 22.8. The Morgan fingerprint density at radius 1 is 0.952 bits per heavy atom. The van der Waals surface area contributed by atoms with Crippen molar-refractivity contribution in [3.63, 3.8) is 0 Å². The van der Waals surface area contributed by atoms with Crippen LogP contribution >= 0.6 is 0 Å². The van der Waals surface area contributed by atoms with Crippen molar-refractivity contribution in [2.24, 2.45) is 5.10 Å². The van der Waals surface area contributed by atoms with E-state index in [1.165, 1.54) is 36.7 Å². The van der Waals surface area contributed by atoms with Crippen molar-refractivity contribution in [2.75, 3.05) is 17.5 Å². The average molecular weight is 592 g/mol. The zero-order valence-electron chi connectivity index (χ0n) is 22.0. The van der Waals surface area contributed by atoms with Crippen molar-refractivity contribution in [3.05, 3.63) is 119 Å². The fourth-order valence-electron chi connectivity index (χ4n) is 3.57. The number of rotatable bonds is 13. The van der Waals surface area contributed by atoms with Crippen LogP contribution in [0, 0.1) is 10.1 Å². The van der Waals surface area contributed by atoms with E-state index in [9.17, 15) is 28.1 Å². The summed E-state index contributed by atoms with van der Waals surface area (Å²) in [6.07, 6.45) is 2.86. The largest absolute Gasteiger partial charge is 0.484 e. The minimum absolute atomic E-state index is 0.0584. The highest BCUT2D eigenvalue weighted by Gasteiger charge is 2.27. The van der Waals surface area contributed by atoms with Gasteiger partial charge in [0, 0.05) is 12.1 Å². The lowest BCUT2D eigenvalue weighted by atomic mass is 10.2. The maximum atomic E-state index is 13.3. The lowest BCUT2D eigenvalue weighted by molar-refractivity contribution is -0.384. The van der Waals surface area contributed by atoms with E-state index in [-0.39, 0.29) is 35.3 Å². The van der Waals surface area contributed by atoms with Gasteiger partial charge in [-0.1, -0.05) is 18.2 Å². The molecule has 0 aliphatic carbocycles. The number of anilines is 1. The van der Waals surface area contributed by atoms with Crippen LogP contribution in [0.15, 0.2) is 112 Å². The number of carbonyl (C=O) groups excluding carboxylic acids is 2. The molecule has 14 heteroatoms. The molecular weight excluding hydrogens is 566 g/mol. The molecule has 216 valence electrons. The van der Waals surface area contributed by atoms with Gasteiger partial charge in [0.05, 0.1) is 34.5 Å². The number of benzene rings is 3. The molecule has 2 N–H and O–H groups in total. The Morgan fingerprint density at radius 2 is 1.67 bits per heavy atom. The first-order chi connectivity index (χ1) is 20.2. The molecule has 0 saturated carbocycles. The smallest absolute Gasteiger partial charge is 0.269 e. The molecule has 4 rings (SSSR count).